The molecule has 2 aromatic rings. The highest BCUT2D eigenvalue weighted by molar-refractivity contribution is 5.95. The maximum atomic E-state index is 11.6. The van der Waals surface area contributed by atoms with E-state index in [9.17, 15) is 9.59 Å². The van der Waals surface area contributed by atoms with E-state index in [1.165, 1.54) is 0 Å². The molecule has 0 unspecified atom stereocenters. The van der Waals surface area contributed by atoms with Crippen molar-refractivity contribution in [2.75, 3.05) is 18.5 Å². The molecule has 0 aromatic heterocycles. The number of fused-ring (bicyclic) bond motifs is 1. The monoisotopic (exact) mass is 350 g/mol. The van der Waals surface area contributed by atoms with Gasteiger partial charge >= 0.3 is 6.09 Å². The van der Waals surface area contributed by atoms with Gasteiger partial charge in [-0.25, -0.2) is 4.79 Å². The van der Waals surface area contributed by atoms with E-state index in [0.29, 0.717) is 24.4 Å². The first-order valence-electron chi connectivity index (χ1n) is 8.21. The van der Waals surface area contributed by atoms with Crippen molar-refractivity contribution in [3.05, 3.63) is 59.7 Å². The molecular formula is C20H18N2O4. The summed E-state index contributed by atoms with van der Waals surface area (Å²) < 4.78 is 10.5. The molecule has 0 saturated heterocycles. The van der Waals surface area contributed by atoms with Crippen LogP contribution in [0.3, 0.4) is 0 Å². The third-order valence-electron chi connectivity index (χ3n) is 3.58. The Kier molecular flexibility index (Phi) is 5.73. The smallest absolute Gasteiger partial charge is 0.407 e. The molecule has 6 heteroatoms. The minimum absolute atomic E-state index is 0.0128. The van der Waals surface area contributed by atoms with Crippen LogP contribution in [0, 0.1) is 11.8 Å². The van der Waals surface area contributed by atoms with E-state index >= 15 is 0 Å². The first kappa shape index (κ1) is 17.4. The van der Waals surface area contributed by atoms with Crippen LogP contribution in [0.4, 0.5) is 10.5 Å². The second-order valence-electron chi connectivity index (χ2n) is 5.59. The summed E-state index contributed by atoms with van der Waals surface area (Å²) in [6.45, 7) is 0.654. The fourth-order valence-electron chi connectivity index (χ4n) is 2.32. The van der Waals surface area contributed by atoms with Crippen molar-refractivity contribution in [2.45, 2.75) is 13.0 Å². The Bertz CT molecular complexity index is 853. The Labute approximate surface area is 151 Å². The molecule has 0 spiro atoms. The molecule has 0 aliphatic carbocycles. The first-order valence-corrected chi connectivity index (χ1v) is 8.21. The zero-order valence-corrected chi connectivity index (χ0v) is 14.1. The fraction of sp³-hybridized carbons (Fsp3) is 0.200. The Morgan fingerprint density at radius 1 is 1.23 bits per heavy atom. The molecular weight excluding hydrogens is 332 g/mol. The fourth-order valence-corrected chi connectivity index (χ4v) is 2.32. The number of amides is 2. The van der Waals surface area contributed by atoms with Gasteiger partial charge in [-0.2, -0.15) is 0 Å². The van der Waals surface area contributed by atoms with Gasteiger partial charge in [0.1, 0.15) is 12.4 Å². The zero-order chi connectivity index (χ0) is 18.2. The molecule has 2 aromatic carbocycles. The Balaban J connectivity index is 1.40. The average molecular weight is 350 g/mol. The van der Waals surface area contributed by atoms with Gasteiger partial charge < -0.3 is 20.1 Å². The molecule has 0 radical (unpaired) electrons. The van der Waals surface area contributed by atoms with E-state index < -0.39 is 6.09 Å². The van der Waals surface area contributed by atoms with Crippen LogP contribution in [-0.2, 0) is 16.1 Å². The van der Waals surface area contributed by atoms with Crippen molar-refractivity contribution in [3.63, 3.8) is 0 Å². The standard InChI is InChI=1S/C20H18N2O4/c23-19-14-25-18-12-15(9-10-17(18)22-19)6-4-5-11-21-20(24)26-13-16-7-2-1-3-8-16/h1-3,7-10,12H,5,11,13-14H2,(H,21,24)(H,22,23). The lowest BCUT2D eigenvalue weighted by Gasteiger charge is -2.17. The highest BCUT2D eigenvalue weighted by Crippen LogP contribution is 2.28. The number of ether oxygens (including phenoxy) is 2. The largest absolute Gasteiger partial charge is 0.482 e. The van der Waals surface area contributed by atoms with Gasteiger partial charge in [-0.1, -0.05) is 42.2 Å². The van der Waals surface area contributed by atoms with Crippen LogP contribution in [0.2, 0.25) is 0 Å². The average Bonchev–Trinajstić information content (AvgIpc) is 2.67. The summed E-state index contributed by atoms with van der Waals surface area (Å²) in [6, 6.07) is 14.8. The van der Waals surface area contributed by atoms with Gasteiger partial charge in [0.2, 0.25) is 0 Å². The number of rotatable bonds is 4. The van der Waals surface area contributed by atoms with Crippen molar-refractivity contribution in [1.29, 1.82) is 0 Å². The summed E-state index contributed by atoms with van der Waals surface area (Å²) in [6.07, 6.45) is 0.0309. The summed E-state index contributed by atoms with van der Waals surface area (Å²) >= 11 is 0. The molecule has 132 valence electrons. The van der Waals surface area contributed by atoms with E-state index in [2.05, 4.69) is 22.5 Å². The van der Waals surface area contributed by atoms with Crippen LogP contribution in [0.5, 0.6) is 5.75 Å². The number of carbonyl (C=O) groups excluding carboxylic acids is 2. The quantitative estimate of drug-likeness (QED) is 0.657. The number of benzene rings is 2. The summed E-state index contributed by atoms with van der Waals surface area (Å²) in [5.41, 5.74) is 2.37. The summed E-state index contributed by atoms with van der Waals surface area (Å²) in [7, 11) is 0. The second kappa shape index (κ2) is 8.58. The van der Waals surface area contributed by atoms with Crippen LogP contribution in [0.1, 0.15) is 17.5 Å². The van der Waals surface area contributed by atoms with Gasteiger partial charge in [0, 0.05) is 18.5 Å². The second-order valence-corrected chi connectivity index (χ2v) is 5.59. The van der Waals surface area contributed by atoms with Crippen molar-refractivity contribution < 1.29 is 19.1 Å². The molecule has 2 amide bonds. The molecule has 1 aliphatic rings. The Hall–Kier alpha value is -3.46. The minimum atomic E-state index is -0.464. The predicted molar refractivity (Wildman–Crippen MR) is 96.7 cm³/mol. The van der Waals surface area contributed by atoms with Crippen LogP contribution in [0.15, 0.2) is 48.5 Å². The van der Waals surface area contributed by atoms with Crippen LogP contribution in [-0.4, -0.2) is 25.2 Å². The van der Waals surface area contributed by atoms with Gasteiger partial charge in [0.05, 0.1) is 5.69 Å². The molecule has 2 N–H and O–H groups in total. The number of nitrogens with one attached hydrogen (secondary N) is 2. The molecule has 6 nitrogen and oxygen atoms in total. The lowest BCUT2D eigenvalue weighted by Crippen LogP contribution is -2.25. The molecule has 1 heterocycles. The topological polar surface area (TPSA) is 76.7 Å². The minimum Gasteiger partial charge on any atom is -0.482 e. The lowest BCUT2D eigenvalue weighted by molar-refractivity contribution is -0.118. The van der Waals surface area contributed by atoms with Gasteiger partial charge in [-0.3, -0.25) is 4.79 Å². The molecule has 26 heavy (non-hydrogen) atoms. The molecule has 0 fully saturated rings. The van der Waals surface area contributed by atoms with Crippen molar-refractivity contribution in [1.82, 2.24) is 5.32 Å². The molecule has 0 saturated carbocycles. The molecule has 1 aliphatic heterocycles. The number of carbonyl (C=O) groups is 2. The van der Waals surface area contributed by atoms with E-state index in [1.807, 2.05) is 36.4 Å². The number of hydrogen-bond acceptors (Lipinski definition) is 4. The molecule has 3 rings (SSSR count). The van der Waals surface area contributed by atoms with Gasteiger partial charge in [0.15, 0.2) is 6.61 Å². The third kappa shape index (κ3) is 5.02. The van der Waals surface area contributed by atoms with Crippen molar-refractivity contribution in [2.24, 2.45) is 0 Å². The SMILES string of the molecule is O=C1COc2cc(C#CCCNC(=O)OCc3ccccc3)ccc2N1. The van der Waals surface area contributed by atoms with E-state index in [4.69, 9.17) is 9.47 Å². The maximum Gasteiger partial charge on any atom is 0.407 e. The lowest BCUT2D eigenvalue weighted by atomic mass is 10.1. The molecule has 0 bridgehead atoms. The summed E-state index contributed by atoms with van der Waals surface area (Å²) in [4.78, 5) is 22.8. The van der Waals surface area contributed by atoms with E-state index in [-0.39, 0.29) is 19.1 Å². The number of alkyl carbamates (subject to hydrolysis) is 1. The number of hydrogen-bond donors (Lipinski definition) is 2. The van der Waals surface area contributed by atoms with E-state index in [1.54, 1.807) is 12.1 Å². The van der Waals surface area contributed by atoms with Gasteiger partial charge in [-0.05, 0) is 23.8 Å². The van der Waals surface area contributed by atoms with Crippen molar-refractivity contribution >= 4 is 17.7 Å². The van der Waals surface area contributed by atoms with Crippen LogP contribution >= 0.6 is 0 Å². The van der Waals surface area contributed by atoms with Gasteiger partial charge in [0.25, 0.3) is 5.91 Å². The number of anilines is 1. The normalized spacial score (nSPS) is 11.9. The summed E-state index contributed by atoms with van der Waals surface area (Å²) in [5, 5.41) is 5.38. The van der Waals surface area contributed by atoms with Gasteiger partial charge in [-0.15, -0.1) is 0 Å². The highest BCUT2D eigenvalue weighted by Gasteiger charge is 2.15. The highest BCUT2D eigenvalue weighted by atomic mass is 16.5. The summed E-state index contributed by atoms with van der Waals surface area (Å²) in [5.74, 6) is 6.43. The van der Waals surface area contributed by atoms with E-state index in [0.717, 1.165) is 11.1 Å². The van der Waals surface area contributed by atoms with Crippen LogP contribution < -0.4 is 15.4 Å². The molecule has 0 atom stereocenters. The maximum absolute atomic E-state index is 11.6. The first-order chi connectivity index (χ1) is 12.7. The zero-order valence-electron chi connectivity index (χ0n) is 14.1. The predicted octanol–water partition coefficient (Wildman–Crippen LogP) is 2.69. The van der Waals surface area contributed by atoms with Crippen LogP contribution in [0.25, 0.3) is 0 Å². The Morgan fingerprint density at radius 3 is 2.92 bits per heavy atom. The van der Waals surface area contributed by atoms with Crippen molar-refractivity contribution in [3.8, 4) is 17.6 Å². The third-order valence-corrected chi connectivity index (χ3v) is 3.58. The Morgan fingerprint density at radius 2 is 2.08 bits per heavy atom.